The predicted molar refractivity (Wildman–Crippen MR) is 173 cm³/mol. The number of fused-ring (bicyclic) bond motifs is 1. The minimum absolute atomic E-state index is 0.0102. The molecule has 3 aromatic heterocycles. The van der Waals surface area contributed by atoms with Crippen LogP contribution in [0.5, 0.6) is 5.75 Å². The number of ether oxygens (including phenoxy) is 1. The smallest absolute Gasteiger partial charge is 0.435 e. The number of primary amides is 1. The van der Waals surface area contributed by atoms with Gasteiger partial charge in [-0.3, -0.25) is 14.6 Å². The topological polar surface area (TPSA) is 165 Å². The summed E-state index contributed by atoms with van der Waals surface area (Å²) in [6.45, 7) is 1.77. The second-order valence-corrected chi connectivity index (χ2v) is 11.5. The standard InChI is InChI=1S/C34H28F7N7O4/c1-3-52-30-20(14-26(42)49)13-25(46-29(30)18-4-6-22(35)7-5-18)32(51,34(39,40)41)16-44-31(50)21-11-19-10-17(2)15-43-28(19)23(12-21)45-27-9-8-24(47-48-27)33(36,37)38/h4-13,15,51H,3,14,16H2,1-2H3,(H2,42,49)(H,44,50)(H,45,48)/t32-/m0/s1. The van der Waals surface area contributed by atoms with Crippen molar-refractivity contribution in [2.24, 2.45) is 5.73 Å². The van der Waals surface area contributed by atoms with Crippen molar-refractivity contribution in [2.75, 3.05) is 18.5 Å². The van der Waals surface area contributed by atoms with Crippen LogP contribution in [0.4, 0.5) is 42.2 Å². The normalized spacial score (nSPS) is 13.0. The zero-order valence-corrected chi connectivity index (χ0v) is 27.2. The monoisotopic (exact) mass is 731 g/mol. The van der Waals surface area contributed by atoms with E-state index in [1.165, 1.54) is 30.5 Å². The highest BCUT2D eigenvalue weighted by atomic mass is 19.4. The number of nitrogens with zero attached hydrogens (tertiary/aromatic N) is 4. The number of anilines is 2. The number of aliphatic hydroxyl groups is 1. The number of halogens is 7. The Hall–Kier alpha value is -5.91. The number of nitrogens with two attached hydrogens (primary N) is 1. The van der Waals surface area contributed by atoms with E-state index in [0.717, 1.165) is 24.3 Å². The molecule has 5 aromatic rings. The second kappa shape index (κ2) is 14.4. The number of amides is 2. The van der Waals surface area contributed by atoms with Crippen molar-refractivity contribution >= 4 is 34.2 Å². The van der Waals surface area contributed by atoms with E-state index in [2.05, 4.69) is 30.8 Å². The molecule has 1 atom stereocenters. The van der Waals surface area contributed by atoms with Crippen LogP contribution in [-0.2, 0) is 23.0 Å². The highest BCUT2D eigenvalue weighted by Crippen LogP contribution is 2.42. The molecule has 0 unspecified atom stereocenters. The first-order valence-electron chi connectivity index (χ1n) is 15.3. The van der Waals surface area contributed by atoms with Gasteiger partial charge < -0.3 is 26.2 Å². The van der Waals surface area contributed by atoms with Crippen LogP contribution < -0.4 is 21.1 Å². The fourth-order valence-electron chi connectivity index (χ4n) is 5.15. The van der Waals surface area contributed by atoms with Crippen LogP contribution in [0.15, 0.2) is 66.9 Å². The summed E-state index contributed by atoms with van der Waals surface area (Å²) >= 11 is 0. The van der Waals surface area contributed by atoms with E-state index in [4.69, 9.17) is 10.5 Å². The summed E-state index contributed by atoms with van der Waals surface area (Å²) in [5, 5.41) is 23.1. The third-order valence-corrected chi connectivity index (χ3v) is 7.62. The summed E-state index contributed by atoms with van der Waals surface area (Å²) in [6.07, 6.45) is -9.36. The molecule has 0 aliphatic heterocycles. The first kappa shape index (κ1) is 37.3. The Morgan fingerprint density at radius 3 is 2.25 bits per heavy atom. The summed E-state index contributed by atoms with van der Waals surface area (Å²) in [7, 11) is 0. The molecule has 272 valence electrons. The Morgan fingerprint density at radius 2 is 1.65 bits per heavy atom. The lowest BCUT2D eigenvalue weighted by Gasteiger charge is -2.31. The first-order valence-corrected chi connectivity index (χ1v) is 15.3. The van der Waals surface area contributed by atoms with Crippen molar-refractivity contribution in [3.05, 3.63) is 101 Å². The second-order valence-electron chi connectivity index (χ2n) is 11.5. The van der Waals surface area contributed by atoms with Crippen molar-refractivity contribution < 1.29 is 50.2 Å². The Bertz CT molecular complexity index is 2130. The van der Waals surface area contributed by atoms with E-state index in [0.29, 0.717) is 17.0 Å². The Labute approximate surface area is 290 Å². The van der Waals surface area contributed by atoms with Crippen molar-refractivity contribution in [1.82, 2.24) is 25.5 Å². The maximum Gasteiger partial charge on any atom is 0.435 e. The SMILES string of the molecule is CCOc1c(CC(N)=O)cc([C@@](O)(CNC(=O)c2cc(Nc3ccc(C(F)(F)F)nn3)c3ncc(C)cc3c2)C(F)(F)F)nc1-c1ccc(F)cc1. The quantitative estimate of drug-likeness (QED) is 0.121. The summed E-state index contributed by atoms with van der Waals surface area (Å²) in [5.41, 5.74) is -0.400. The molecule has 5 rings (SSSR count). The van der Waals surface area contributed by atoms with Gasteiger partial charge in [0.2, 0.25) is 11.5 Å². The largest absolute Gasteiger partial charge is 0.491 e. The molecule has 3 heterocycles. The van der Waals surface area contributed by atoms with Crippen molar-refractivity contribution in [3.8, 4) is 17.0 Å². The molecular formula is C34H28F7N7O4. The molecule has 18 heteroatoms. The van der Waals surface area contributed by atoms with Crippen LogP contribution in [0.3, 0.4) is 0 Å². The van der Waals surface area contributed by atoms with Gasteiger partial charge in [-0.15, -0.1) is 10.2 Å². The van der Waals surface area contributed by atoms with Gasteiger partial charge in [-0.05, 0) is 80.1 Å². The molecule has 0 spiro atoms. The first-order chi connectivity index (χ1) is 24.4. The fraction of sp³-hybridized carbons (Fsp3) is 0.235. The van der Waals surface area contributed by atoms with Crippen molar-refractivity contribution in [1.29, 1.82) is 0 Å². The van der Waals surface area contributed by atoms with Gasteiger partial charge in [-0.25, -0.2) is 9.37 Å². The zero-order chi connectivity index (χ0) is 38.0. The molecular weight excluding hydrogens is 703 g/mol. The average Bonchev–Trinajstić information content (AvgIpc) is 3.07. The molecule has 5 N–H and O–H groups in total. The Morgan fingerprint density at radius 1 is 0.942 bits per heavy atom. The van der Waals surface area contributed by atoms with Gasteiger partial charge in [0.05, 0.1) is 36.5 Å². The van der Waals surface area contributed by atoms with E-state index in [1.807, 2.05) is 0 Å². The van der Waals surface area contributed by atoms with Crippen molar-refractivity contribution in [3.63, 3.8) is 0 Å². The number of pyridine rings is 2. The molecule has 2 amide bonds. The molecule has 0 radical (unpaired) electrons. The number of aromatic nitrogens is 4. The predicted octanol–water partition coefficient (Wildman–Crippen LogP) is 5.90. The zero-order valence-electron chi connectivity index (χ0n) is 27.2. The molecule has 0 saturated carbocycles. The summed E-state index contributed by atoms with van der Waals surface area (Å²) in [5.74, 6) is -2.99. The number of carbonyl (C=O) groups is 2. The number of carbonyl (C=O) groups excluding carboxylic acids is 2. The van der Waals surface area contributed by atoms with Crippen LogP contribution in [0.2, 0.25) is 0 Å². The minimum atomic E-state index is -5.47. The third kappa shape index (κ3) is 8.01. The average molecular weight is 732 g/mol. The number of alkyl halides is 6. The minimum Gasteiger partial charge on any atom is -0.491 e. The lowest BCUT2D eigenvalue weighted by atomic mass is 9.93. The van der Waals surface area contributed by atoms with Crippen LogP contribution in [-0.4, -0.2) is 56.4 Å². The van der Waals surface area contributed by atoms with Crippen LogP contribution in [0.1, 0.15) is 39.8 Å². The maximum absolute atomic E-state index is 14.8. The molecule has 0 fully saturated rings. The van der Waals surface area contributed by atoms with Gasteiger partial charge in [0.15, 0.2) is 11.5 Å². The summed E-state index contributed by atoms with van der Waals surface area (Å²) in [4.78, 5) is 33.8. The molecule has 11 nitrogen and oxygen atoms in total. The van der Waals surface area contributed by atoms with Gasteiger partial charge in [-0.2, -0.15) is 26.3 Å². The van der Waals surface area contributed by atoms with Crippen LogP contribution in [0, 0.1) is 12.7 Å². The van der Waals surface area contributed by atoms with Crippen molar-refractivity contribution in [2.45, 2.75) is 38.2 Å². The van der Waals surface area contributed by atoms with Gasteiger partial charge in [0.1, 0.15) is 17.3 Å². The molecule has 52 heavy (non-hydrogen) atoms. The van der Waals surface area contributed by atoms with E-state index in [9.17, 15) is 45.4 Å². The highest BCUT2D eigenvalue weighted by Gasteiger charge is 2.57. The number of aryl methyl sites for hydroxylation is 1. The Kier molecular flexibility index (Phi) is 10.3. The van der Waals surface area contributed by atoms with Crippen LogP contribution >= 0.6 is 0 Å². The summed E-state index contributed by atoms with van der Waals surface area (Å²) < 4.78 is 103. The molecule has 0 aliphatic carbocycles. The lowest BCUT2D eigenvalue weighted by Crippen LogP contribution is -2.51. The third-order valence-electron chi connectivity index (χ3n) is 7.62. The number of benzene rings is 2. The molecule has 0 bridgehead atoms. The van der Waals surface area contributed by atoms with E-state index >= 15 is 0 Å². The number of nitrogens with one attached hydrogen (secondary N) is 2. The Balaban J connectivity index is 1.54. The van der Waals surface area contributed by atoms with E-state index in [1.54, 1.807) is 19.9 Å². The number of hydrogen-bond donors (Lipinski definition) is 4. The number of hydrogen-bond acceptors (Lipinski definition) is 9. The van der Waals surface area contributed by atoms with Crippen LogP contribution in [0.25, 0.3) is 22.2 Å². The number of rotatable bonds is 11. The maximum atomic E-state index is 14.8. The molecule has 2 aromatic carbocycles. The van der Waals surface area contributed by atoms with E-state index in [-0.39, 0.29) is 51.8 Å². The van der Waals surface area contributed by atoms with Gasteiger partial charge in [0.25, 0.3) is 5.91 Å². The highest BCUT2D eigenvalue weighted by molar-refractivity contribution is 6.03. The van der Waals surface area contributed by atoms with Gasteiger partial charge in [-0.1, -0.05) is 0 Å². The summed E-state index contributed by atoms with van der Waals surface area (Å²) in [6, 6.07) is 11.0. The lowest BCUT2D eigenvalue weighted by molar-refractivity contribution is -0.265. The molecule has 0 aliphatic rings. The molecule has 0 saturated heterocycles. The fourth-order valence-corrected chi connectivity index (χ4v) is 5.15. The van der Waals surface area contributed by atoms with Gasteiger partial charge in [0, 0.05) is 28.3 Å². The van der Waals surface area contributed by atoms with E-state index < -0.39 is 59.9 Å². The van der Waals surface area contributed by atoms with Gasteiger partial charge >= 0.3 is 12.4 Å².